The fraction of sp³-hybridized carbons (Fsp3) is 0.909. The number of hydrogen-bond donors (Lipinski definition) is 1. The smallest absolute Gasteiger partial charge is 0.306 e. The quantitative estimate of drug-likeness (QED) is 0.578. The Balaban J connectivity index is 2.25. The van der Waals surface area contributed by atoms with E-state index in [0.29, 0.717) is 18.9 Å². The minimum atomic E-state index is -0.0990. The van der Waals surface area contributed by atoms with Gasteiger partial charge in [0, 0.05) is 5.25 Å². The second kappa shape index (κ2) is 6.33. The lowest BCUT2D eigenvalue weighted by Crippen LogP contribution is -2.22. The molecule has 1 atom stereocenters. The summed E-state index contributed by atoms with van der Waals surface area (Å²) in [5.41, 5.74) is 0. The van der Waals surface area contributed by atoms with Crippen LogP contribution in [0.15, 0.2) is 0 Å². The fourth-order valence-corrected chi connectivity index (χ4v) is 2.52. The molecule has 14 heavy (non-hydrogen) atoms. The Morgan fingerprint density at radius 1 is 1.43 bits per heavy atom. The van der Waals surface area contributed by atoms with Crippen molar-refractivity contribution in [1.29, 1.82) is 0 Å². The first-order valence-electron chi connectivity index (χ1n) is 5.57. The molecule has 2 nitrogen and oxygen atoms in total. The van der Waals surface area contributed by atoms with Crippen molar-refractivity contribution in [2.24, 2.45) is 5.92 Å². The molecule has 0 radical (unpaired) electrons. The van der Waals surface area contributed by atoms with E-state index in [1.54, 1.807) is 0 Å². The molecule has 0 N–H and O–H groups in total. The number of esters is 1. The summed E-state index contributed by atoms with van der Waals surface area (Å²) in [6.07, 6.45) is 6.87. The largest absolute Gasteiger partial charge is 0.466 e. The molecular formula is C11H20O2S. The van der Waals surface area contributed by atoms with Gasteiger partial charge in [-0.3, -0.25) is 4.79 Å². The first-order chi connectivity index (χ1) is 6.74. The highest BCUT2D eigenvalue weighted by molar-refractivity contribution is 7.81. The van der Waals surface area contributed by atoms with E-state index in [9.17, 15) is 4.79 Å². The summed E-state index contributed by atoms with van der Waals surface area (Å²) in [6, 6.07) is 0. The summed E-state index contributed by atoms with van der Waals surface area (Å²) in [5, 5.41) is 0.203. The third-order valence-electron chi connectivity index (χ3n) is 2.88. The number of carbonyl (C=O) groups excluding carboxylic acids is 1. The van der Waals surface area contributed by atoms with Crippen LogP contribution in [0.2, 0.25) is 0 Å². The van der Waals surface area contributed by atoms with Gasteiger partial charge in [-0.15, -0.1) is 0 Å². The van der Waals surface area contributed by atoms with Gasteiger partial charge in [-0.05, 0) is 25.7 Å². The van der Waals surface area contributed by atoms with E-state index < -0.39 is 0 Å². The van der Waals surface area contributed by atoms with E-state index in [-0.39, 0.29) is 11.2 Å². The third-order valence-corrected chi connectivity index (χ3v) is 3.48. The highest BCUT2D eigenvalue weighted by Gasteiger charge is 2.23. The van der Waals surface area contributed by atoms with E-state index in [1.165, 1.54) is 32.1 Å². The fourth-order valence-electron chi connectivity index (χ4n) is 2.08. The van der Waals surface area contributed by atoms with Crippen LogP contribution in [0.25, 0.3) is 0 Å². The standard InChI is InChI=1S/C11H20O2S/c1-2-13-11(12)8-10(14)9-6-4-3-5-7-9/h9-10,14H,2-8H2,1H3. The highest BCUT2D eigenvalue weighted by Crippen LogP contribution is 2.30. The second-order valence-corrected chi connectivity index (χ2v) is 4.64. The Morgan fingerprint density at radius 3 is 2.64 bits per heavy atom. The van der Waals surface area contributed by atoms with Crippen LogP contribution in [0, 0.1) is 5.92 Å². The minimum absolute atomic E-state index is 0.0990. The first-order valence-corrected chi connectivity index (χ1v) is 6.09. The van der Waals surface area contributed by atoms with Gasteiger partial charge in [0.05, 0.1) is 13.0 Å². The van der Waals surface area contributed by atoms with Crippen LogP contribution in [-0.2, 0) is 9.53 Å². The Morgan fingerprint density at radius 2 is 2.07 bits per heavy atom. The Hall–Kier alpha value is -0.180. The van der Waals surface area contributed by atoms with Crippen LogP contribution in [0.4, 0.5) is 0 Å². The lowest BCUT2D eigenvalue weighted by molar-refractivity contribution is -0.143. The van der Waals surface area contributed by atoms with Crippen molar-refractivity contribution in [1.82, 2.24) is 0 Å². The van der Waals surface area contributed by atoms with Crippen molar-refractivity contribution in [2.45, 2.75) is 50.7 Å². The number of carbonyl (C=O) groups is 1. The zero-order valence-corrected chi connectivity index (χ0v) is 9.76. The second-order valence-electron chi connectivity index (χ2n) is 3.97. The molecule has 0 aliphatic heterocycles. The van der Waals surface area contributed by atoms with E-state index in [1.807, 2.05) is 6.92 Å². The van der Waals surface area contributed by atoms with Crippen molar-refractivity contribution in [3.05, 3.63) is 0 Å². The molecule has 1 rings (SSSR count). The average molecular weight is 216 g/mol. The molecule has 82 valence electrons. The summed E-state index contributed by atoms with van der Waals surface area (Å²) < 4.78 is 4.92. The van der Waals surface area contributed by atoms with E-state index in [0.717, 1.165) is 0 Å². The van der Waals surface area contributed by atoms with Gasteiger partial charge in [0.15, 0.2) is 0 Å². The molecule has 1 unspecified atom stereocenters. The maximum absolute atomic E-state index is 11.2. The zero-order chi connectivity index (χ0) is 10.4. The van der Waals surface area contributed by atoms with E-state index >= 15 is 0 Å². The minimum Gasteiger partial charge on any atom is -0.466 e. The van der Waals surface area contributed by atoms with Crippen LogP contribution in [0.5, 0.6) is 0 Å². The molecule has 0 aromatic carbocycles. The molecule has 0 spiro atoms. The summed E-state index contributed by atoms with van der Waals surface area (Å²) in [7, 11) is 0. The molecule has 1 aliphatic carbocycles. The molecular weight excluding hydrogens is 196 g/mol. The molecule has 1 saturated carbocycles. The SMILES string of the molecule is CCOC(=O)CC(S)C1CCCCC1. The maximum Gasteiger partial charge on any atom is 0.306 e. The maximum atomic E-state index is 11.2. The van der Waals surface area contributed by atoms with Crippen LogP contribution in [0.3, 0.4) is 0 Å². The van der Waals surface area contributed by atoms with Crippen LogP contribution in [-0.4, -0.2) is 17.8 Å². The van der Waals surface area contributed by atoms with Gasteiger partial charge < -0.3 is 4.74 Å². The van der Waals surface area contributed by atoms with Crippen molar-refractivity contribution in [3.8, 4) is 0 Å². The van der Waals surface area contributed by atoms with Crippen molar-refractivity contribution >= 4 is 18.6 Å². The molecule has 0 heterocycles. The summed E-state index contributed by atoms with van der Waals surface area (Å²) in [6.45, 7) is 2.32. The molecule has 0 saturated heterocycles. The Labute approximate surface area is 91.8 Å². The number of hydrogen-bond acceptors (Lipinski definition) is 3. The number of thiol groups is 1. The van der Waals surface area contributed by atoms with Crippen LogP contribution in [0.1, 0.15) is 45.4 Å². The molecule has 0 aromatic heterocycles. The highest BCUT2D eigenvalue weighted by atomic mass is 32.1. The number of rotatable bonds is 4. The van der Waals surface area contributed by atoms with Gasteiger partial charge in [-0.1, -0.05) is 19.3 Å². The third kappa shape index (κ3) is 3.91. The van der Waals surface area contributed by atoms with Crippen molar-refractivity contribution in [3.63, 3.8) is 0 Å². The van der Waals surface area contributed by atoms with Gasteiger partial charge in [0.2, 0.25) is 0 Å². The van der Waals surface area contributed by atoms with Gasteiger partial charge >= 0.3 is 5.97 Å². The van der Waals surface area contributed by atoms with E-state index in [4.69, 9.17) is 4.74 Å². The molecule has 0 bridgehead atoms. The summed E-state index contributed by atoms with van der Waals surface area (Å²) in [5.74, 6) is 0.523. The molecule has 1 aliphatic rings. The summed E-state index contributed by atoms with van der Waals surface area (Å²) in [4.78, 5) is 11.2. The topological polar surface area (TPSA) is 26.3 Å². The summed E-state index contributed by atoms with van der Waals surface area (Å²) >= 11 is 4.50. The number of ether oxygens (including phenoxy) is 1. The monoisotopic (exact) mass is 216 g/mol. The van der Waals surface area contributed by atoms with Crippen LogP contribution < -0.4 is 0 Å². The lowest BCUT2D eigenvalue weighted by Gasteiger charge is -2.26. The Bertz CT molecular complexity index is 176. The molecule has 0 amide bonds. The predicted molar refractivity (Wildman–Crippen MR) is 60.6 cm³/mol. The normalized spacial score (nSPS) is 20.4. The molecule has 1 fully saturated rings. The molecule has 0 aromatic rings. The predicted octanol–water partition coefficient (Wildman–Crippen LogP) is 2.82. The van der Waals surface area contributed by atoms with Gasteiger partial charge in [0.1, 0.15) is 0 Å². The van der Waals surface area contributed by atoms with Gasteiger partial charge in [-0.2, -0.15) is 12.6 Å². The Kier molecular flexibility index (Phi) is 5.38. The molecule has 3 heteroatoms. The zero-order valence-electron chi connectivity index (χ0n) is 8.87. The van der Waals surface area contributed by atoms with Crippen LogP contribution >= 0.6 is 12.6 Å². The average Bonchev–Trinajstić information content (AvgIpc) is 2.19. The lowest BCUT2D eigenvalue weighted by atomic mass is 9.86. The van der Waals surface area contributed by atoms with E-state index in [2.05, 4.69) is 12.6 Å². The first kappa shape index (κ1) is 11.9. The van der Waals surface area contributed by atoms with Crippen molar-refractivity contribution in [2.75, 3.05) is 6.61 Å². The van der Waals surface area contributed by atoms with Crippen molar-refractivity contribution < 1.29 is 9.53 Å². The van der Waals surface area contributed by atoms with Gasteiger partial charge in [-0.25, -0.2) is 0 Å². The van der Waals surface area contributed by atoms with Gasteiger partial charge in [0.25, 0.3) is 0 Å².